The summed E-state index contributed by atoms with van der Waals surface area (Å²) in [5, 5.41) is 10.00. The smallest absolute Gasteiger partial charge is 0.335 e. The fourth-order valence-corrected chi connectivity index (χ4v) is 4.18. The Morgan fingerprint density at radius 1 is 1.38 bits per heavy atom. The minimum Gasteiger partial charge on any atom is -0.478 e. The Hall–Kier alpha value is -3.25. The minimum atomic E-state index is -0.947. The molecule has 2 aromatic rings. The molecule has 2 heterocycles. The molecule has 0 radical (unpaired) electrons. The van der Waals surface area contributed by atoms with E-state index in [9.17, 15) is 9.90 Å². The van der Waals surface area contributed by atoms with E-state index in [2.05, 4.69) is 46.2 Å². The van der Waals surface area contributed by atoms with Gasteiger partial charge in [-0.3, -0.25) is 0 Å². The largest absolute Gasteiger partial charge is 0.478 e. The summed E-state index contributed by atoms with van der Waals surface area (Å²) in [5.41, 5.74) is 5.82. The van der Waals surface area contributed by atoms with Gasteiger partial charge in [0.15, 0.2) is 0 Å². The third-order valence-electron chi connectivity index (χ3n) is 5.57. The lowest BCUT2D eigenvalue weighted by Crippen LogP contribution is -2.09. The number of hydrogen-bond acceptors (Lipinski definition) is 4. The first-order valence-electron chi connectivity index (χ1n) is 10.6. The molecule has 1 aromatic carbocycles. The van der Waals surface area contributed by atoms with Gasteiger partial charge in [-0.25, -0.2) is 4.79 Å². The summed E-state index contributed by atoms with van der Waals surface area (Å²) in [6.07, 6.45) is 12.2. The number of hydrogen-bond donors (Lipinski definition) is 2. The summed E-state index contributed by atoms with van der Waals surface area (Å²) < 4.78 is 5.89. The first-order chi connectivity index (χ1) is 15.3. The standard InChI is InChI=1S/C25H26ClN3O3/c1-4-5-17(10-16-8-9-29(3)14-16)20-12-22-23(13-21(20)26)28-25(27-22)32-18-7-6-15(2)19(11-18)24(30)31/h5,8-13H,4,6-7,14H2,1-3H3,(H,27,28)(H,30,31)/b16-10-,17-5?. The molecule has 166 valence electrons. The fraction of sp³-hybridized carbons (Fsp3) is 0.280. The highest BCUT2D eigenvalue weighted by atomic mass is 35.5. The number of likely N-dealkylation sites (N-methyl/N-ethyl adjacent to an activating group) is 1. The number of imidazole rings is 1. The lowest BCUT2D eigenvalue weighted by molar-refractivity contribution is -0.132. The second-order valence-electron chi connectivity index (χ2n) is 8.12. The van der Waals surface area contributed by atoms with Crippen molar-refractivity contribution in [3.63, 3.8) is 0 Å². The average molecular weight is 452 g/mol. The van der Waals surface area contributed by atoms with Gasteiger partial charge in [0.25, 0.3) is 6.01 Å². The third kappa shape index (κ3) is 4.65. The molecule has 2 aliphatic rings. The van der Waals surface area contributed by atoms with Gasteiger partial charge in [-0.05, 0) is 67.5 Å². The zero-order chi connectivity index (χ0) is 22.8. The molecule has 1 aliphatic heterocycles. The van der Waals surface area contributed by atoms with Crippen molar-refractivity contribution >= 4 is 34.2 Å². The first-order valence-corrected chi connectivity index (χ1v) is 11.0. The van der Waals surface area contributed by atoms with Gasteiger partial charge in [-0.2, -0.15) is 4.98 Å². The Morgan fingerprint density at radius 3 is 2.88 bits per heavy atom. The van der Waals surface area contributed by atoms with Gasteiger partial charge in [0.2, 0.25) is 0 Å². The van der Waals surface area contributed by atoms with Crippen LogP contribution in [-0.2, 0) is 4.79 Å². The van der Waals surface area contributed by atoms with E-state index in [4.69, 9.17) is 16.3 Å². The molecular weight excluding hydrogens is 426 g/mol. The summed E-state index contributed by atoms with van der Waals surface area (Å²) in [6.45, 7) is 4.79. The SMILES string of the molecule is CCC=C(/C=C1/C=CN(C)C1)c1cc2nc(OC3=CC(C(=O)O)=C(C)CC3)[nH]c2cc1Cl. The second kappa shape index (κ2) is 9.09. The maximum absolute atomic E-state index is 11.4. The number of ether oxygens (including phenoxy) is 1. The van der Waals surface area contributed by atoms with Crippen LogP contribution in [0.5, 0.6) is 6.01 Å². The molecule has 0 atom stereocenters. The molecule has 32 heavy (non-hydrogen) atoms. The van der Waals surface area contributed by atoms with E-state index >= 15 is 0 Å². The van der Waals surface area contributed by atoms with Gasteiger partial charge in [0.05, 0.1) is 21.6 Å². The summed E-state index contributed by atoms with van der Waals surface area (Å²) in [5.74, 6) is -0.371. The highest BCUT2D eigenvalue weighted by Gasteiger charge is 2.19. The van der Waals surface area contributed by atoms with E-state index in [0.29, 0.717) is 29.6 Å². The van der Waals surface area contributed by atoms with Crippen LogP contribution in [0.4, 0.5) is 0 Å². The van der Waals surface area contributed by atoms with Gasteiger partial charge in [0.1, 0.15) is 5.76 Å². The quantitative estimate of drug-likeness (QED) is 0.575. The summed E-state index contributed by atoms with van der Waals surface area (Å²) in [4.78, 5) is 21.3. The van der Waals surface area contributed by atoms with Crippen molar-refractivity contribution in [3.05, 3.63) is 75.7 Å². The summed E-state index contributed by atoms with van der Waals surface area (Å²) in [6, 6.07) is 4.14. The van der Waals surface area contributed by atoms with Crippen LogP contribution < -0.4 is 4.74 Å². The van der Waals surface area contributed by atoms with Crippen LogP contribution in [0.3, 0.4) is 0 Å². The van der Waals surface area contributed by atoms with Gasteiger partial charge >= 0.3 is 5.97 Å². The Labute approximate surface area is 192 Å². The molecule has 0 spiro atoms. The molecule has 4 rings (SSSR count). The van der Waals surface area contributed by atoms with Crippen LogP contribution in [0.2, 0.25) is 5.02 Å². The number of benzene rings is 1. The van der Waals surface area contributed by atoms with E-state index in [0.717, 1.165) is 40.7 Å². The lowest BCUT2D eigenvalue weighted by Gasteiger charge is -2.14. The van der Waals surface area contributed by atoms with Crippen molar-refractivity contribution in [3.8, 4) is 6.01 Å². The maximum Gasteiger partial charge on any atom is 0.335 e. The van der Waals surface area contributed by atoms with Crippen LogP contribution in [0.1, 0.15) is 38.7 Å². The molecule has 0 fully saturated rings. The van der Waals surface area contributed by atoms with Crippen molar-refractivity contribution in [2.75, 3.05) is 13.6 Å². The number of carboxylic acids is 1. The Kier molecular flexibility index (Phi) is 6.24. The van der Waals surface area contributed by atoms with Crippen molar-refractivity contribution in [1.29, 1.82) is 0 Å². The van der Waals surface area contributed by atoms with Crippen LogP contribution in [0, 0.1) is 0 Å². The molecular formula is C25H26ClN3O3. The van der Waals surface area contributed by atoms with Crippen LogP contribution in [-0.4, -0.2) is 39.5 Å². The van der Waals surface area contributed by atoms with Crippen LogP contribution in [0.25, 0.3) is 16.6 Å². The number of aliphatic carboxylic acids is 1. The Morgan fingerprint density at radius 2 is 2.19 bits per heavy atom. The number of carbonyl (C=O) groups is 1. The van der Waals surface area contributed by atoms with Gasteiger partial charge in [-0.1, -0.05) is 30.2 Å². The number of fused-ring (bicyclic) bond motifs is 1. The first kappa shape index (κ1) is 22.0. The second-order valence-corrected chi connectivity index (χ2v) is 8.53. The van der Waals surface area contributed by atoms with E-state index in [1.165, 1.54) is 5.57 Å². The van der Waals surface area contributed by atoms with E-state index in [1.54, 1.807) is 6.08 Å². The van der Waals surface area contributed by atoms with E-state index < -0.39 is 5.97 Å². The molecule has 7 heteroatoms. The number of nitrogens with zero attached hydrogens (tertiary/aromatic N) is 2. The number of H-pyrrole nitrogens is 1. The number of rotatable bonds is 6. The minimum absolute atomic E-state index is 0.279. The van der Waals surface area contributed by atoms with Crippen molar-refractivity contribution in [1.82, 2.24) is 14.9 Å². The zero-order valence-corrected chi connectivity index (χ0v) is 19.2. The van der Waals surface area contributed by atoms with Crippen molar-refractivity contribution in [2.24, 2.45) is 0 Å². The zero-order valence-electron chi connectivity index (χ0n) is 18.4. The van der Waals surface area contributed by atoms with Crippen LogP contribution in [0.15, 0.2) is 65.1 Å². The summed E-state index contributed by atoms with van der Waals surface area (Å²) >= 11 is 6.65. The van der Waals surface area contributed by atoms with Gasteiger partial charge < -0.3 is 19.7 Å². The molecule has 0 saturated carbocycles. The maximum atomic E-state index is 11.4. The number of halogens is 1. The predicted octanol–water partition coefficient (Wildman–Crippen LogP) is 5.85. The molecule has 0 amide bonds. The molecule has 2 N–H and O–H groups in total. The topological polar surface area (TPSA) is 78.5 Å². The number of aromatic nitrogens is 2. The van der Waals surface area contributed by atoms with Gasteiger partial charge in [0, 0.05) is 25.6 Å². The summed E-state index contributed by atoms with van der Waals surface area (Å²) in [7, 11) is 2.04. The lowest BCUT2D eigenvalue weighted by atomic mass is 9.98. The molecule has 0 unspecified atom stereocenters. The van der Waals surface area contributed by atoms with E-state index in [-0.39, 0.29) is 5.57 Å². The average Bonchev–Trinajstić information content (AvgIpc) is 3.33. The van der Waals surface area contributed by atoms with Crippen molar-refractivity contribution < 1.29 is 14.6 Å². The highest BCUT2D eigenvalue weighted by molar-refractivity contribution is 6.33. The molecule has 1 aromatic heterocycles. The monoisotopic (exact) mass is 451 g/mol. The Bertz CT molecular complexity index is 1230. The Balaban J connectivity index is 1.65. The van der Waals surface area contributed by atoms with Crippen LogP contribution >= 0.6 is 11.6 Å². The van der Waals surface area contributed by atoms with E-state index in [1.807, 2.05) is 26.1 Å². The fourth-order valence-electron chi connectivity index (χ4n) is 3.90. The highest BCUT2D eigenvalue weighted by Crippen LogP contribution is 2.32. The number of nitrogens with one attached hydrogen (secondary N) is 1. The molecule has 6 nitrogen and oxygen atoms in total. The number of carboxylic acid groups (broad SMARTS) is 1. The number of allylic oxidation sites excluding steroid dienone is 5. The van der Waals surface area contributed by atoms with Gasteiger partial charge in [-0.15, -0.1) is 0 Å². The molecule has 0 bridgehead atoms. The predicted molar refractivity (Wildman–Crippen MR) is 128 cm³/mol. The molecule has 1 aliphatic carbocycles. The van der Waals surface area contributed by atoms with Crippen molar-refractivity contribution in [2.45, 2.75) is 33.1 Å². The third-order valence-corrected chi connectivity index (χ3v) is 5.88. The molecule has 0 saturated heterocycles. The normalized spacial score (nSPS) is 18.1. The number of aromatic amines is 1.